The van der Waals surface area contributed by atoms with E-state index < -0.39 is 10.0 Å². The van der Waals surface area contributed by atoms with Crippen LogP contribution in [-0.2, 0) is 21.4 Å². The molecule has 0 N–H and O–H groups in total. The smallest absolute Gasteiger partial charge is 0.257 e. The molecule has 170 valence electrons. The largest absolute Gasteiger partial charge is 0.454 e. The van der Waals surface area contributed by atoms with E-state index in [2.05, 4.69) is 4.98 Å². The molecule has 0 bridgehead atoms. The first-order valence-electron chi connectivity index (χ1n) is 9.90. The Kier molecular flexibility index (Phi) is 6.31. The van der Waals surface area contributed by atoms with Crippen molar-refractivity contribution < 1.29 is 27.1 Å². The van der Waals surface area contributed by atoms with E-state index in [1.54, 1.807) is 11.0 Å². The number of carbonyl (C=O) groups is 1. The van der Waals surface area contributed by atoms with Gasteiger partial charge in [0.1, 0.15) is 5.52 Å². The highest BCUT2D eigenvalue weighted by Gasteiger charge is 2.20. The summed E-state index contributed by atoms with van der Waals surface area (Å²) in [6, 6.07) is 10.2. The van der Waals surface area contributed by atoms with Gasteiger partial charge < -0.3 is 18.8 Å². The third-order valence-corrected chi connectivity index (χ3v) is 7.61. The highest BCUT2D eigenvalue weighted by atomic mass is 32.2. The highest BCUT2D eigenvalue weighted by molar-refractivity contribution is 7.99. The number of ether oxygens (including phenoxy) is 2. The number of hydrogen-bond donors (Lipinski definition) is 0. The van der Waals surface area contributed by atoms with Gasteiger partial charge in [-0.05, 0) is 42.8 Å². The summed E-state index contributed by atoms with van der Waals surface area (Å²) in [6.45, 7) is 3.12. The van der Waals surface area contributed by atoms with Crippen LogP contribution in [-0.4, -0.2) is 61.7 Å². The molecule has 0 saturated carbocycles. The first-order valence-corrected chi connectivity index (χ1v) is 12.3. The van der Waals surface area contributed by atoms with Crippen LogP contribution in [0.2, 0.25) is 0 Å². The van der Waals surface area contributed by atoms with Crippen LogP contribution in [0, 0.1) is 0 Å². The number of thioether (sulfide) groups is 1. The quantitative estimate of drug-likeness (QED) is 0.457. The Labute approximate surface area is 190 Å². The maximum atomic E-state index is 12.8. The van der Waals surface area contributed by atoms with Crippen molar-refractivity contribution in [3.05, 3.63) is 42.0 Å². The normalized spacial score (nSPS) is 13.1. The van der Waals surface area contributed by atoms with Gasteiger partial charge in [0.15, 0.2) is 17.1 Å². The van der Waals surface area contributed by atoms with Crippen LogP contribution in [0.5, 0.6) is 11.5 Å². The van der Waals surface area contributed by atoms with Crippen molar-refractivity contribution in [3.63, 3.8) is 0 Å². The molecule has 1 aliphatic heterocycles. The molecule has 2 heterocycles. The number of sulfonamides is 1. The number of hydrogen-bond acceptors (Lipinski definition) is 8. The number of rotatable bonds is 8. The molecule has 0 saturated heterocycles. The molecule has 0 fully saturated rings. The van der Waals surface area contributed by atoms with Crippen LogP contribution >= 0.6 is 11.8 Å². The summed E-state index contributed by atoms with van der Waals surface area (Å²) in [5.41, 5.74) is 1.84. The van der Waals surface area contributed by atoms with E-state index in [0.29, 0.717) is 40.9 Å². The van der Waals surface area contributed by atoms with E-state index in [1.165, 1.54) is 38.0 Å². The first kappa shape index (κ1) is 22.4. The lowest BCUT2D eigenvalue weighted by Crippen LogP contribution is -2.31. The van der Waals surface area contributed by atoms with Crippen LogP contribution in [0.15, 0.2) is 50.9 Å². The van der Waals surface area contributed by atoms with E-state index >= 15 is 0 Å². The topological polar surface area (TPSA) is 102 Å². The molecule has 11 heteroatoms. The minimum absolute atomic E-state index is 0.0618. The fourth-order valence-electron chi connectivity index (χ4n) is 3.17. The molecule has 1 amide bonds. The van der Waals surface area contributed by atoms with Gasteiger partial charge in [-0.1, -0.05) is 17.8 Å². The zero-order valence-electron chi connectivity index (χ0n) is 17.9. The summed E-state index contributed by atoms with van der Waals surface area (Å²) in [5.74, 6) is 1.47. The van der Waals surface area contributed by atoms with Crippen molar-refractivity contribution in [3.8, 4) is 11.5 Å². The molecule has 0 radical (unpaired) electrons. The Morgan fingerprint density at radius 3 is 2.66 bits per heavy atom. The molecule has 0 atom stereocenters. The van der Waals surface area contributed by atoms with Crippen molar-refractivity contribution in [2.45, 2.75) is 23.6 Å². The summed E-state index contributed by atoms with van der Waals surface area (Å²) < 4.78 is 42.2. The van der Waals surface area contributed by atoms with E-state index in [4.69, 9.17) is 13.9 Å². The minimum atomic E-state index is -3.57. The van der Waals surface area contributed by atoms with Gasteiger partial charge in [0.05, 0.1) is 10.6 Å². The van der Waals surface area contributed by atoms with Crippen molar-refractivity contribution in [2.75, 3.05) is 33.2 Å². The molecule has 9 nitrogen and oxygen atoms in total. The second-order valence-corrected chi connectivity index (χ2v) is 10.4. The summed E-state index contributed by atoms with van der Waals surface area (Å²) in [4.78, 5) is 19.0. The first-order chi connectivity index (χ1) is 15.3. The molecule has 0 unspecified atom stereocenters. The number of aromatic nitrogens is 1. The third kappa shape index (κ3) is 4.54. The van der Waals surface area contributed by atoms with Crippen molar-refractivity contribution >= 4 is 38.8 Å². The third-order valence-electron chi connectivity index (χ3n) is 4.98. The average Bonchev–Trinajstić information content (AvgIpc) is 3.40. The van der Waals surface area contributed by atoms with Crippen molar-refractivity contribution in [2.24, 2.45) is 0 Å². The maximum Gasteiger partial charge on any atom is 0.257 e. The zero-order valence-corrected chi connectivity index (χ0v) is 19.5. The van der Waals surface area contributed by atoms with Crippen LogP contribution < -0.4 is 9.47 Å². The SMILES string of the molecule is CCN(Cc1ccc2c(c1)OCO2)C(=O)CSc1nc2cc(S(=O)(=O)N(C)C)ccc2o1. The van der Waals surface area contributed by atoms with E-state index in [9.17, 15) is 13.2 Å². The van der Waals surface area contributed by atoms with E-state index in [-0.39, 0.29) is 23.3 Å². The second kappa shape index (κ2) is 9.00. The van der Waals surface area contributed by atoms with Gasteiger partial charge in [-0.3, -0.25) is 4.79 Å². The lowest BCUT2D eigenvalue weighted by atomic mass is 10.2. The molecule has 0 spiro atoms. The summed E-state index contributed by atoms with van der Waals surface area (Å²) >= 11 is 1.17. The van der Waals surface area contributed by atoms with Gasteiger partial charge in [0, 0.05) is 27.2 Å². The molecule has 4 rings (SSSR count). The van der Waals surface area contributed by atoms with Crippen molar-refractivity contribution in [1.82, 2.24) is 14.2 Å². The number of benzene rings is 2. The lowest BCUT2D eigenvalue weighted by Gasteiger charge is -2.20. The van der Waals surface area contributed by atoms with Gasteiger partial charge in [-0.2, -0.15) is 0 Å². The zero-order chi connectivity index (χ0) is 22.9. The van der Waals surface area contributed by atoms with Crippen LogP contribution in [0.1, 0.15) is 12.5 Å². The Morgan fingerprint density at radius 1 is 1.12 bits per heavy atom. The molecule has 1 aromatic heterocycles. The Morgan fingerprint density at radius 2 is 1.91 bits per heavy atom. The molecule has 3 aromatic rings. The molecular formula is C21H23N3O6S2. The predicted octanol–water partition coefficient (Wildman–Crippen LogP) is 2.95. The maximum absolute atomic E-state index is 12.8. The van der Waals surface area contributed by atoms with E-state index in [1.807, 2.05) is 25.1 Å². The summed E-state index contributed by atoms with van der Waals surface area (Å²) in [6.07, 6.45) is 0. The average molecular weight is 478 g/mol. The summed E-state index contributed by atoms with van der Waals surface area (Å²) in [7, 11) is -0.625. The number of fused-ring (bicyclic) bond motifs is 2. The Bertz CT molecular complexity index is 1260. The van der Waals surface area contributed by atoms with E-state index in [0.717, 1.165) is 9.87 Å². The van der Waals surface area contributed by atoms with Crippen LogP contribution in [0.3, 0.4) is 0 Å². The Balaban J connectivity index is 1.42. The van der Waals surface area contributed by atoms with Gasteiger partial charge in [-0.25, -0.2) is 17.7 Å². The predicted molar refractivity (Wildman–Crippen MR) is 119 cm³/mol. The number of oxazole rings is 1. The lowest BCUT2D eigenvalue weighted by molar-refractivity contribution is -0.128. The molecule has 2 aromatic carbocycles. The standard InChI is InChI=1S/C21H23N3O6S2/c1-4-24(11-14-5-7-18-19(9-14)29-13-28-18)20(25)12-31-21-22-16-10-15(6-8-17(16)30-21)32(26,27)23(2)3/h5-10H,4,11-13H2,1-3H3. The Hall–Kier alpha value is -2.76. The van der Waals surface area contributed by atoms with Gasteiger partial charge in [0.25, 0.3) is 5.22 Å². The fraction of sp³-hybridized carbons (Fsp3) is 0.333. The highest BCUT2D eigenvalue weighted by Crippen LogP contribution is 2.33. The fourth-order valence-corrected chi connectivity index (χ4v) is 4.83. The number of nitrogens with zero attached hydrogens (tertiary/aromatic N) is 3. The van der Waals surface area contributed by atoms with Crippen LogP contribution in [0.4, 0.5) is 0 Å². The summed E-state index contributed by atoms with van der Waals surface area (Å²) in [5, 5.41) is 0.312. The van der Waals surface area contributed by atoms with Gasteiger partial charge >= 0.3 is 0 Å². The van der Waals surface area contributed by atoms with Gasteiger partial charge in [0.2, 0.25) is 22.7 Å². The van der Waals surface area contributed by atoms with Crippen molar-refractivity contribution in [1.29, 1.82) is 0 Å². The monoisotopic (exact) mass is 477 g/mol. The molecule has 0 aliphatic carbocycles. The van der Waals surface area contributed by atoms with Crippen LogP contribution in [0.25, 0.3) is 11.1 Å². The number of carbonyl (C=O) groups excluding carboxylic acids is 1. The minimum Gasteiger partial charge on any atom is -0.454 e. The van der Waals surface area contributed by atoms with Gasteiger partial charge in [-0.15, -0.1) is 0 Å². The molecule has 32 heavy (non-hydrogen) atoms. The number of amides is 1. The second-order valence-electron chi connectivity index (χ2n) is 7.28. The molecule has 1 aliphatic rings. The molecular weight excluding hydrogens is 454 g/mol.